The SMILES string of the molecule is c1ccc(-n2c(-c3cccn4c3nc3c(-c5ccc6ccccc6c5)c5ccccc5c(-c5ccc6ccccc6c5)c34)nc3ccccc32)cc1. The van der Waals surface area contributed by atoms with E-state index < -0.39 is 0 Å². The number of hydrogen-bond donors (Lipinski definition) is 0. The van der Waals surface area contributed by atoms with Crippen LogP contribution in [0.15, 0.2) is 182 Å². The smallest absolute Gasteiger partial charge is 0.149 e. The van der Waals surface area contributed by atoms with E-state index in [4.69, 9.17) is 9.97 Å². The monoisotopic (exact) mass is 662 g/mol. The lowest BCUT2D eigenvalue weighted by molar-refractivity contribution is 1.10. The van der Waals surface area contributed by atoms with Crippen LogP contribution in [-0.4, -0.2) is 18.9 Å². The summed E-state index contributed by atoms with van der Waals surface area (Å²) in [5, 5.41) is 7.22. The van der Waals surface area contributed by atoms with E-state index in [0.717, 1.165) is 61.5 Å². The first-order valence-electron chi connectivity index (χ1n) is 17.7. The molecule has 0 bridgehead atoms. The molecule has 0 atom stereocenters. The summed E-state index contributed by atoms with van der Waals surface area (Å²) < 4.78 is 4.55. The average Bonchev–Trinajstić information content (AvgIpc) is 3.79. The van der Waals surface area contributed by atoms with Gasteiger partial charge in [-0.15, -0.1) is 0 Å². The van der Waals surface area contributed by atoms with Crippen molar-refractivity contribution in [3.63, 3.8) is 0 Å². The fourth-order valence-corrected chi connectivity index (χ4v) is 8.15. The number of hydrogen-bond acceptors (Lipinski definition) is 2. The van der Waals surface area contributed by atoms with E-state index in [1.54, 1.807) is 0 Å². The Balaban J connectivity index is 1.31. The van der Waals surface area contributed by atoms with Gasteiger partial charge in [0.1, 0.15) is 11.5 Å². The van der Waals surface area contributed by atoms with E-state index in [2.05, 4.69) is 191 Å². The van der Waals surface area contributed by atoms with Crippen LogP contribution in [0.1, 0.15) is 0 Å². The molecular formula is C48H30N4. The topological polar surface area (TPSA) is 35.1 Å². The Kier molecular flexibility index (Phi) is 6.22. The van der Waals surface area contributed by atoms with E-state index in [1.807, 2.05) is 0 Å². The second-order valence-electron chi connectivity index (χ2n) is 13.4. The van der Waals surface area contributed by atoms with Crippen LogP contribution >= 0.6 is 0 Å². The van der Waals surface area contributed by atoms with E-state index in [1.165, 1.54) is 37.9 Å². The number of rotatable bonds is 4. The van der Waals surface area contributed by atoms with Crippen LogP contribution in [0.3, 0.4) is 0 Å². The number of nitrogens with zero attached hydrogens (tertiary/aromatic N) is 4. The lowest BCUT2D eigenvalue weighted by Gasteiger charge is -2.16. The molecule has 0 aliphatic heterocycles. The maximum Gasteiger partial charge on any atom is 0.149 e. The fraction of sp³-hybridized carbons (Fsp3) is 0. The van der Waals surface area contributed by atoms with Crippen LogP contribution in [0, 0.1) is 0 Å². The molecule has 11 aromatic rings. The van der Waals surface area contributed by atoms with Gasteiger partial charge in [-0.2, -0.15) is 0 Å². The predicted octanol–water partition coefficient (Wildman–Crippen LogP) is 12.3. The minimum absolute atomic E-state index is 0.859. The molecule has 4 heteroatoms. The van der Waals surface area contributed by atoms with E-state index >= 15 is 0 Å². The lowest BCUT2D eigenvalue weighted by atomic mass is 9.89. The van der Waals surface area contributed by atoms with Gasteiger partial charge >= 0.3 is 0 Å². The highest BCUT2D eigenvalue weighted by Crippen LogP contribution is 2.45. The number of fused-ring (bicyclic) bond motifs is 7. The third-order valence-corrected chi connectivity index (χ3v) is 10.5. The van der Waals surface area contributed by atoms with Gasteiger partial charge in [0.25, 0.3) is 0 Å². The van der Waals surface area contributed by atoms with E-state index in [9.17, 15) is 0 Å². The third kappa shape index (κ3) is 4.28. The fourth-order valence-electron chi connectivity index (χ4n) is 8.15. The zero-order chi connectivity index (χ0) is 34.2. The standard InChI is InChI=1S/C48H30N4/c1-2-17-37(18-3-1)52-42-23-11-10-22-41(42)49-48(52)40-21-12-28-51-46-44(36-27-25-32-14-5-7-16-34(32)30-36)39-20-9-8-19-38(39)43(45(46)50-47(40)51)35-26-24-31-13-4-6-15-33(31)29-35/h1-30H. The van der Waals surface area contributed by atoms with E-state index in [-0.39, 0.29) is 0 Å². The maximum atomic E-state index is 5.66. The van der Waals surface area contributed by atoms with Crippen molar-refractivity contribution >= 4 is 60.0 Å². The zero-order valence-corrected chi connectivity index (χ0v) is 28.1. The van der Waals surface area contributed by atoms with Crippen molar-refractivity contribution in [1.82, 2.24) is 18.9 Å². The molecule has 0 saturated heterocycles. The highest BCUT2D eigenvalue weighted by Gasteiger charge is 2.24. The molecule has 0 saturated carbocycles. The normalized spacial score (nSPS) is 11.8. The predicted molar refractivity (Wildman–Crippen MR) is 216 cm³/mol. The Morgan fingerprint density at radius 2 is 1.04 bits per heavy atom. The number of para-hydroxylation sites is 3. The zero-order valence-electron chi connectivity index (χ0n) is 28.1. The molecular weight excluding hydrogens is 633 g/mol. The molecule has 4 nitrogen and oxygen atoms in total. The molecule has 3 aromatic heterocycles. The van der Waals surface area contributed by atoms with Crippen molar-refractivity contribution in [2.45, 2.75) is 0 Å². The van der Waals surface area contributed by atoms with Gasteiger partial charge in [-0.3, -0.25) is 8.97 Å². The molecule has 0 N–H and O–H groups in total. The molecule has 3 heterocycles. The summed E-state index contributed by atoms with van der Waals surface area (Å²) in [4.78, 5) is 10.9. The van der Waals surface area contributed by atoms with Crippen LogP contribution in [0.5, 0.6) is 0 Å². The molecule has 242 valence electrons. The second kappa shape index (κ2) is 11.2. The molecule has 0 unspecified atom stereocenters. The Morgan fingerprint density at radius 3 is 1.77 bits per heavy atom. The molecule has 0 spiro atoms. The van der Waals surface area contributed by atoms with Gasteiger partial charge in [-0.1, -0.05) is 127 Å². The molecule has 52 heavy (non-hydrogen) atoms. The Bertz CT molecular complexity index is 3190. The molecule has 0 fully saturated rings. The summed E-state index contributed by atoms with van der Waals surface area (Å²) >= 11 is 0. The summed E-state index contributed by atoms with van der Waals surface area (Å²) in [6.45, 7) is 0. The second-order valence-corrected chi connectivity index (χ2v) is 13.4. The van der Waals surface area contributed by atoms with Gasteiger partial charge in [0.05, 0.1) is 27.6 Å². The molecule has 0 amide bonds. The minimum Gasteiger partial charge on any atom is -0.298 e. The van der Waals surface area contributed by atoms with Crippen molar-refractivity contribution in [2.24, 2.45) is 0 Å². The molecule has 0 radical (unpaired) electrons. The first-order chi connectivity index (χ1) is 25.8. The quantitative estimate of drug-likeness (QED) is 0.188. The lowest BCUT2D eigenvalue weighted by Crippen LogP contribution is -1.99. The highest BCUT2D eigenvalue weighted by molar-refractivity contribution is 6.21. The summed E-state index contributed by atoms with van der Waals surface area (Å²) in [5.74, 6) is 0.859. The molecule has 8 aromatic carbocycles. The number of benzene rings is 8. The van der Waals surface area contributed by atoms with Crippen molar-refractivity contribution in [3.8, 4) is 39.3 Å². The largest absolute Gasteiger partial charge is 0.298 e. The Labute approximate surface area is 299 Å². The third-order valence-electron chi connectivity index (χ3n) is 10.5. The summed E-state index contributed by atoms with van der Waals surface area (Å²) in [6.07, 6.45) is 2.16. The molecule has 11 rings (SSSR count). The Morgan fingerprint density at radius 1 is 0.442 bits per heavy atom. The van der Waals surface area contributed by atoms with Gasteiger partial charge < -0.3 is 0 Å². The van der Waals surface area contributed by atoms with Gasteiger partial charge in [-0.05, 0) is 92.0 Å². The van der Waals surface area contributed by atoms with Gasteiger partial charge in [0.15, 0.2) is 0 Å². The van der Waals surface area contributed by atoms with Gasteiger partial charge in [-0.25, -0.2) is 9.97 Å². The molecule has 0 aliphatic carbocycles. The van der Waals surface area contributed by atoms with Crippen LogP contribution in [0.25, 0.3) is 99.4 Å². The summed E-state index contributed by atoms with van der Waals surface area (Å²) in [7, 11) is 0. The average molecular weight is 663 g/mol. The molecule has 0 aliphatic rings. The van der Waals surface area contributed by atoms with Crippen LogP contribution in [-0.2, 0) is 0 Å². The number of aromatic nitrogens is 4. The maximum absolute atomic E-state index is 5.66. The minimum atomic E-state index is 0.859. The van der Waals surface area contributed by atoms with Crippen LogP contribution < -0.4 is 0 Å². The van der Waals surface area contributed by atoms with Crippen molar-refractivity contribution < 1.29 is 0 Å². The van der Waals surface area contributed by atoms with Crippen molar-refractivity contribution in [3.05, 3.63) is 182 Å². The number of pyridine rings is 1. The first kappa shape index (κ1) is 28.8. The summed E-state index contributed by atoms with van der Waals surface area (Å²) in [5.41, 5.74) is 11.5. The first-order valence-corrected chi connectivity index (χ1v) is 17.7. The van der Waals surface area contributed by atoms with Gasteiger partial charge in [0.2, 0.25) is 0 Å². The van der Waals surface area contributed by atoms with Crippen molar-refractivity contribution in [2.75, 3.05) is 0 Å². The number of imidazole rings is 2. The van der Waals surface area contributed by atoms with Crippen molar-refractivity contribution in [1.29, 1.82) is 0 Å². The van der Waals surface area contributed by atoms with Crippen LogP contribution in [0.2, 0.25) is 0 Å². The van der Waals surface area contributed by atoms with Crippen LogP contribution in [0.4, 0.5) is 0 Å². The Hall–Kier alpha value is -7.04. The van der Waals surface area contributed by atoms with E-state index in [0.29, 0.717) is 0 Å². The highest BCUT2D eigenvalue weighted by atomic mass is 15.1. The van der Waals surface area contributed by atoms with Gasteiger partial charge in [0, 0.05) is 23.0 Å². The summed E-state index contributed by atoms with van der Waals surface area (Å²) in [6, 6.07) is 62.7.